The molecule has 6 rings (SSSR count). The number of aliphatic hydroxyl groups is 2. The Morgan fingerprint density at radius 1 is 0.962 bits per heavy atom. The number of alkyl carbamates (subject to hydrolysis) is 1. The Morgan fingerprint density at radius 3 is 2.23 bits per heavy atom. The molecule has 5 aliphatic carbocycles. The zero-order valence-corrected chi connectivity index (χ0v) is 34.9. The van der Waals surface area contributed by atoms with E-state index in [2.05, 4.69) is 63.6 Å². The van der Waals surface area contributed by atoms with Gasteiger partial charge in [-0.05, 0) is 132 Å². The predicted molar refractivity (Wildman–Crippen MR) is 206 cm³/mol. The highest BCUT2D eigenvalue weighted by Gasteiger charge is 2.83. The standard InChI is InChI=1S/C43H77N3O6/c1-12-51-36(39(7,8)49)31(50-11)25-29(4)30-26-34(47)41(10)33-14-13-32-38(5,6)35(15-16-42(32)27-43(33,42)18-17-40(30,41)9)52-37(48)44-19-20-45-21-23-46(24-22-45)28(2)3/h28-36,47,49H,12-27H2,1-11H3,(H,44,48)/t29-,30-,31?,32+,33?,34+,35+,36+,40-,41-,42-,43?/m1/s1. The second-order valence-electron chi connectivity index (χ2n) is 20.4. The Hall–Kier alpha value is -0.970. The van der Waals surface area contributed by atoms with Crippen LogP contribution in [0.25, 0.3) is 0 Å². The molecule has 12 atom stereocenters. The van der Waals surface area contributed by atoms with E-state index >= 15 is 0 Å². The first-order chi connectivity index (χ1) is 24.3. The number of methoxy groups -OCH3 is 1. The molecule has 1 aliphatic heterocycles. The number of nitrogens with one attached hydrogen (secondary N) is 1. The van der Waals surface area contributed by atoms with Crippen molar-refractivity contribution in [3.05, 3.63) is 0 Å². The average Bonchev–Trinajstić information content (AvgIpc) is 3.70. The van der Waals surface area contributed by atoms with Crippen molar-refractivity contribution in [1.82, 2.24) is 15.1 Å². The van der Waals surface area contributed by atoms with Crippen molar-refractivity contribution in [3.8, 4) is 0 Å². The Kier molecular flexibility index (Phi) is 11.4. The van der Waals surface area contributed by atoms with E-state index < -0.39 is 11.7 Å². The third kappa shape index (κ3) is 6.49. The number of amides is 1. The van der Waals surface area contributed by atoms with E-state index in [1.807, 2.05) is 20.8 Å². The molecule has 6 fully saturated rings. The molecule has 0 aromatic carbocycles. The fraction of sp³-hybridized carbons (Fsp3) is 0.977. The minimum Gasteiger partial charge on any atom is -0.446 e. The van der Waals surface area contributed by atoms with Crippen molar-refractivity contribution in [3.63, 3.8) is 0 Å². The van der Waals surface area contributed by atoms with Crippen molar-refractivity contribution in [2.75, 3.05) is 53.0 Å². The number of hydrogen-bond acceptors (Lipinski definition) is 8. The van der Waals surface area contributed by atoms with Crippen molar-refractivity contribution in [2.45, 2.75) is 163 Å². The SMILES string of the molecule is CCO[C@@H](C(C[C@@H](C)[C@H]1C[C@H](O)[C@@]2(C)C3CC[C@H]4C(C)(C)[C@@H](OC(=O)NCCN5CCN(C(C)C)CC5)CC[C@@]45CC35CC[C@]12C)OC)C(C)(C)O. The summed E-state index contributed by atoms with van der Waals surface area (Å²) < 4.78 is 18.4. The van der Waals surface area contributed by atoms with E-state index in [-0.39, 0.29) is 46.1 Å². The number of fused-ring (bicyclic) bond motifs is 2. The van der Waals surface area contributed by atoms with Crippen LogP contribution in [0.5, 0.6) is 0 Å². The van der Waals surface area contributed by atoms with Gasteiger partial charge in [-0.15, -0.1) is 0 Å². The van der Waals surface area contributed by atoms with Gasteiger partial charge < -0.3 is 29.7 Å². The van der Waals surface area contributed by atoms with Crippen LogP contribution in [0.3, 0.4) is 0 Å². The highest BCUT2D eigenvalue weighted by Crippen LogP contribution is 2.89. The van der Waals surface area contributed by atoms with Crippen LogP contribution in [0.2, 0.25) is 0 Å². The fourth-order valence-electron chi connectivity index (χ4n) is 14.3. The third-order valence-corrected chi connectivity index (χ3v) is 17.2. The van der Waals surface area contributed by atoms with Gasteiger partial charge in [0.2, 0.25) is 0 Å². The van der Waals surface area contributed by atoms with Crippen LogP contribution in [-0.2, 0) is 14.2 Å². The molecule has 3 N–H and O–H groups in total. The molecule has 3 unspecified atom stereocenters. The second-order valence-corrected chi connectivity index (χ2v) is 20.4. The summed E-state index contributed by atoms with van der Waals surface area (Å²) >= 11 is 0. The van der Waals surface area contributed by atoms with E-state index in [9.17, 15) is 15.0 Å². The molecule has 0 aromatic rings. The van der Waals surface area contributed by atoms with Crippen molar-refractivity contribution in [2.24, 2.45) is 50.7 Å². The van der Waals surface area contributed by atoms with Gasteiger partial charge in [0.15, 0.2) is 0 Å². The van der Waals surface area contributed by atoms with Gasteiger partial charge in [-0.25, -0.2) is 4.79 Å². The lowest BCUT2D eigenvalue weighted by molar-refractivity contribution is -0.183. The summed E-state index contributed by atoms with van der Waals surface area (Å²) in [6, 6.07) is 0.590. The Labute approximate surface area is 316 Å². The number of carbonyl (C=O) groups excluding carboxylic acids is 1. The topological polar surface area (TPSA) is 104 Å². The molecule has 0 bridgehead atoms. The maximum atomic E-state index is 13.2. The molecular weight excluding hydrogens is 654 g/mol. The number of aliphatic hydroxyl groups excluding tert-OH is 1. The van der Waals surface area contributed by atoms with Gasteiger partial charge in [0.05, 0.1) is 17.8 Å². The number of carbonyl (C=O) groups is 1. The summed E-state index contributed by atoms with van der Waals surface area (Å²) in [5.74, 6) is 1.73. The van der Waals surface area contributed by atoms with E-state index in [1.54, 1.807) is 7.11 Å². The van der Waals surface area contributed by atoms with Gasteiger partial charge >= 0.3 is 6.09 Å². The molecule has 1 amide bonds. The van der Waals surface area contributed by atoms with E-state index in [1.165, 1.54) is 12.8 Å². The minimum atomic E-state index is -1.01. The fourth-order valence-corrected chi connectivity index (χ4v) is 14.3. The molecule has 6 aliphatic rings. The number of ether oxygens (including phenoxy) is 3. The summed E-state index contributed by atoms with van der Waals surface area (Å²) in [5, 5.41) is 26.3. The summed E-state index contributed by atoms with van der Waals surface area (Å²) in [6.07, 6.45) is 8.37. The van der Waals surface area contributed by atoms with E-state index in [4.69, 9.17) is 14.2 Å². The summed E-state index contributed by atoms with van der Waals surface area (Å²) in [4.78, 5) is 18.1. The molecule has 9 nitrogen and oxygen atoms in total. The third-order valence-electron chi connectivity index (χ3n) is 17.2. The molecule has 52 heavy (non-hydrogen) atoms. The molecule has 9 heteroatoms. The zero-order chi connectivity index (χ0) is 38.1. The predicted octanol–water partition coefficient (Wildman–Crippen LogP) is 6.73. The van der Waals surface area contributed by atoms with Crippen LogP contribution in [0.1, 0.15) is 127 Å². The second kappa shape index (κ2) is 14.5. The molecule has 1 heterocycles. The molecule has 0 aromatic heterocycles. The van der Waals surface area contributed by atoms with Crippen LogP contribution in [0, 0.1) is 50.7 Å². The first-order valence-electron chi connectivity index (χ1n) is 21.3. The lowest BCUT2D eigenvalue weighted by Gasteiger charge is -2.63. The van der Waals surface area contributed by atoms with E-state index in [0.717, 1.165) is 77.7 Å². The Morgan fingerprint density at radius 2 is 1.62 bits per heavy atom. The van der Waals surface area contributed by atoms with Gasteiger partial charge in [-0.2, -0.15) is 0 Å². The maximum absolute atomic E-state index is 13.2. The quantitative estimate of drug-likeness (QED) is 0.192. The molecule has 0 radical (unpaired) electrons. The van der Waals surface area contributed by atoms with Crippen LogP contribution < -0.4 is 5.32 Å². The van der Waals surface area contributed by atoms with Crippen LogP contribution in [-0.4, -0.2) is 115 Å². The van der Waals surface area contributed by atoms with Crippen LogP contribution >= 0.6 is 0 Å². The lowest BCUT2D eigenvalue weighted by Crippen LogP contribution is -2.60. The first kappa shape index (κ1) is 40.7. The van der Waals surface area contributed by atoms with Gasteiger partial charge in [0, 0.05) is 69.9 Å². The van der Waals surface area contributed by atoms with Crippen molar-refractivity contribution >= 4 is 6.09 Å². The normalized spacial score (nSPS) is 42.0. The molecule has 300 valence electrons. The van der Waals surface area contributed by atoms with Crippen molar-refractivity contribution < 1.29 is 29.2 Å². The van der Waals surface area contributed by atoms with E-state index in [0.29, 0.717) is 48.3 Å². The number of rotatable bonds is 13. The zero-order valence-electron chi connectivity index (χ0n) is 34.9. The molecule has 5 saturated carbocycles. The summed E-state index contributed by atoms with van der Waals surface area (Å²) in [5.41, 5.74) is -0.635. The van der Waals surface area contributed by atoms with Crippen molar-refractivity contribution in [1.29, 1.82) is 0 Å². The Balaban J connectivity index is 1.10. The summed E-state index contributed by atoms with van der Waals surface area (Å²) in [6.45, 7) is 28.5. The molecular formula is C43H77N3O6. The van der Waals surface area contributed by atoms with Gasteiger partial charge in [-0.1, -0.05) is 34.6 Å². The highest BCUT2D eigenvalue weighted by molar-refractivity contribution is 5.67. The maximum Gasteiger partial charge on any atom is 0.407 e. The minimum absolute atomic E-state index is 0.0302. The van der Waals surface area contributed by atoms with Gasteiger partial charge in [-0.3, -0.25) is 9.80 Å². The monoisotopic (exact) mass is 732 g/mol. The number of piperazine rings is 1. The lowest BCUT2D eigenvalue weighted by atomic mass is 9.41. The smallest absolute Gasteiger partial charge is 0.407 e. The average molecular weight is 732 g/mol. The molecule has 2 spiro atoms. The van der Waals surface area contributed by atoms with Gasteiger partial charge in [0.25, 0.3) is 0 Å². The highest BCUT2D eigenvalue weighted by atomic mass is 16.6. The Bertz CT molecular complexity index is 1260. The number of hydrogen-bond donors (Lipinski definition) is 3. The van der Waals surface area contributed by atoms with Gasteiger partial charge in [0.1, 0.15) is 12.2 Å². The summed E-state index contributed by atoms with van der Waals surface area (Å²) in [7, 11) is 1.74. The largest absolute Gasteiger partial charge is 0.446 e. The van der Waals surface area contributed by atoms with Crippen LogP contribution in [0.4, 0.5) is 4.79 Å². The number of nitrogens with zero attached hydrogens (tertiary/aromatic N) is 2. The first-order valence-corrected chi connectivity index (χ1v) is 21.3. The molecule has 1 saturated heterocycles. The van der Waals surface area contributed by atoms with Crippen LogP contribution in [0.15, 0.2) is 0 Å².